The Morgan fingerprint density at radius 3 is 1.97 bits per heavy atom. The molecule has 0 radical (unpaired) electrons. The Morgan fingerprint density at radius 1 is 0.941 bits per heavy atom. The summed E-state index contributed by atoms with van der Waals surface area (Å²) in [6, 6.07) is 16.1. The molecule has 0 spiro atoms. The maximum atomic E-state index is 11.5. The summed E-state index contributed by atoms with van der Waals surface area (Å²) in [5.74, 6) is -2.24. The second-order valence-electron chi connectivity index (χ2n) is 6.68. The van der Waals surface area contributed by atoms with Gasteiger partial charge in [0, 0.05) is 18.5 Å². The van der Waals surface area contributed by atoms with Crippen molar-refractivity contribution in [2.75, 3.05) is 19.1 Å². The Labute approximate surface area is 199 Å². The number of rotatable bonds is 8. The number of carboxylic acid groups (broad SMARTS) is 1. The van der Waals surface area contributed by atoms with Crippen LogP contribution in [0.25, 0.3) is 5.57 Å². The minimum atomic E-state index is -0.745. The number of carbonyl (C=O) groups is 4. The van der Waals surface area contributed by atoms with Crippen molar-refractivity contribution in [1.29, 1.82) is 0 Å². The van der Waals surface area contributed by atoms with Crippen molar-refractivity contribution in [3.05, 3.63) is 72.3 Å². The van der Waals surface area contributed by atoms with Gasteiger partial charge in [-0.05, 0) is 36.3 Å². The number of hydrogen-bond donors (Lipinski definition) is 3. The molecule has 0 saturated carbocycles. The van der Waals surface area contributed by atoms with Gasteiger partial charge in [0.15, 0.2) is 0 Å². The molecule has 0 unspecified atom stereocenters. The van der Waals surface area contributed by atoms with Gasteiger partial charge in [-0.25, -0.2) is 4.79 Å². The molecule has 2 rings (SSSR count). The van der Waals surface area contributed by atoms with E-state index >= 15 is 0 Å². The van der Waals surface area contributed by atoms with E-state index in [1.165, 1.54) is 0 Å². The van der Waals surface area contributed by atoms with Crippen LogP contribution >= 0.6 is 0 Å². The fraction of sp³-hybridized carbons (Fsp3) is 0.280. The van der Waals surface area contributed by atoms with Gasteiger partial charge in [-0.15, -0.1) is 0 Å². The zero-order valence-electron chi connectivity index (χ0n) is 19.7. The second kappa shape index (κ2) is 17.4. The molecule has 0 saturated heterocycles. The van der Waals surface area contributed by atoms with Crippen LogP contribution in [0.4, 0.5) is 5.69 Å². The highest BCUT2D eigenvalue weighted by atomic mass is 16.7. The topological polar surface area (TPSA) is 145 Å². The first-order valence-electron chi connectivity index (χ1n) is 10.5. The van der Waals surface area contributed by atoms with Crippen molar-refractivity contribution in [3.63, 3.8) is 0 Å². The molecule has 0 aliphatic carbocycles. The average molecular weight is 473 g/mol. The van der Waals surface area contributed by atoms with Crippen LogP contribution in [-0.2, 0) is 23.9 Å². The van der Waals surface area contributed by atoms with E-state index < -0.39 is 24.7 Å². The van der Waals surface area contributed by atoms with Gasteiger partial charge in [-0.3, -0.25) is 14.4 Å². The monoisotopic (exact) mass is 472 g/mol. The molecule has 2 aromatic carbocycles. The minimum absolute atomic E-state index is 0.222. The van der Waals surface area contributed by atoms with E-state index in [1.807, 2.05) is 31.2 Å². The fourth-order valence-corrected chi connectivity index (χ4v) is 2.04. The zero-order valence-corrected chi connectivity index (χ0v) is 19.7. The Bertz CT molecular complexity index is 943. The summed E-state index contributed by atoms with van der Waals surface area (Å²) >= 11 is 0. The molecule has 34 heavy (non-hydrogen) atoms. The van der Waals surface area contributed by atoms with Gasteiger partial charge in [-0.1, -0.05) is 56.8 Å². The number of benzene rings is 2. The summed E-state index contributed by atoms with van der Waals surface area (Å²) in [6.07, 6.45) is 0.510. The molecule has 0 atom stereocenters. The molecule has 9 nitrogen and oxygen atoms in total. The highest BCUT2D eigenvalue weighted by Crippen LogP contribution is 2.17. The molecule has 184 valence electrons. The molecule has 0 aliphatic rings. The third-order valence-corrected chi connectivity index (χ3v) is 3.89. The van der Waals surface area contributed by atoms with Crippen LogP contribution in [0.2, 0.25) is 0 Å². The number of nitrogens with two attached hydrogens (primary N) is 1. The maximum Gasteiger partial charge on any atom is 0.340 e. The van der Waals surface area contributed by atoms with Crippen LogP contribution in [0.5, 0.6) is 0 Å². The second-order valence-corrected chi connectivity index (χ2v) is 6.68. The summed E-state index contributed by atoms with van der Waals surface area (Å²) < 4.78 is 9.37. The first-order valence-corrected chi connectivity index (χ1v) is 10.5. The van der Waals surface area contributed by atoms with Gasteiger partial charge < -0.3 is 25.6 Å². The third kappa shape index (κ3) is 14.0. The average Bonchev–Trinajstić information content (AvgIpc) is 2.83. The number of nitrogen functional groups attached to an aromatic ring is 1. The van der Waals surface area contributed by atoms with Crippen LogP contribution in [0.1, 0.15) is 49.5 Å². The summed E-state index contributed by atoms with van der Waals surface area (Å²) in [7, 11) is 0. The molecule has 0 bridgehead atoms. The lowest BCUT2D eigenvalue weighted by molar-refractivity contribution is -0.152. The molecule has 0 aliphatic heterocycles. The number of carbonyl (C=O) groups excluding carboxylic acids is 3. The van der Waals surface area contributed by atoms with Crippen molar-refractivity contribution >= 4 is 35.1 Å². The van der Waals surface area contributed by atoms with Gasteiger partial charge in [0.05, 0.1) is 5.56 Å². The minimum Gasteiger partial charge on any atom is -0.481 e. The summed E-state index contributed by atoms with van der Waals surface area (Å²) in [5.41, 5.74) is 8.89. The predicted molar refractivity (Wildman–Crippen MR) is 130 cm³/mol. The number of amides is 1. The van der Waals surface area contributed by atoms with Crippen LogP contribution in [0, 0.1) is 0 Å². The maximum absolute atomic E-state index is 11.5. The Balaban J connectivity index is 0.000000601. The van der Waals surface area contributed by atoms with Crippen molar-refractivity contribution < 1.29 is 33.8 Å². The van der Waals surface area contributed by atoms with E-state index in [9.17, 15) is 19.2 Å². The first-order chi connectivity index (χ1) is 16.1. The summed E-state index contributed by atoms with van der Waals surface area (Å²) in [4.78, 5) is 42.9. The van der Waals surface area contributed by atoms with Gasteiger partial charge in [0.1, 0.15) is 6.54 Å². The quantitative estimate of drug-likeness (QED) is 0.300. The number of hydrogen-bond acceptors (Lipinski definition) is 7. The molecular weight excluding hydrogens is 440 g/mol. The Hall–Kier alpha value is -4.14. The van der Waals surface area contributed by atoms with E-state index in [4.69, 9.17) is 15.6 Å². The normalized spacial score (nSPS) is 9.15. The molecule has 0 aromatic heterocycles. The SMILES string of the molecule is C=C(C)c1ccccc1N.CCC(=O)NCC(=O)OCOC(=O)c1ccccc1.CCC(=O)O. The van der Waals surface area contributed by atoms with Gasteiger partial charge in [-0.2, -0.15) is 0 Å². The standard InChI is InChI=1S/C13H15NO5.C9H11N.C3H6O2/c1-2-11(15)14-8-12(16)18-9-19-13(17)10-6-4-3-5-7-10;1-7(2)8-5-3-4-6-9(8)10;1-2-3(4)5/h3-7H,2,8-9H2,1H3,(H,14,15);3-6H,1,10H2,2H3;2H2,1H3,(H,4,5). The van der Waals surface area contributed by atoms with E-state index in [1.54, 1.807) is 44.2 Å². The zero-order chi connectivity index (χ0) is 25.9. The largest absolute Gasteiger partial charge is 0.481 e. The number of aliphatic carboxylic acids is 1. The van der Waals surface area contributed by atoms with Crippen molar-refractivity contribution in [2.45, 2.75) is 33.6 Å². The fourth-order valence-electron chi connectivity index (χ4n) is 2.04. The number of anilines is 1. The summed E-state index contributed by atoms with van der Waals surface area (Å²) in [6.45, 7) is 8.31. The van der Waals surface area contributed by atoms with Gasteiger partial charge in [0.2, 0.25) is 12.7 Å². The Kier molecular flexibility index (Phi) is 15.3. The highest BCUT2D eigenvalue weighted by molar-refractivity contribution is 5.89. The number of para-hydroxylation sites is 1. The number of ether oxygens (including phenoxy) is 2. The number of nitrogens with one attached hydrogen (secondary N) is 1. The van der Waals surface area contributed by atoms with Gasteiger partial charge >= 0.3 is 17.9 Å². The van der Waals surface area contributed by atoms with Crippen LogP contribution < -0.4 is 11.1 Å². The van der Waals surface area contributed by atoms with E-state index in [2.05, 4.69) is 16.6 Å². The number of allylic oxidation sites excluding steroid dienone is 1. The first kappa shape index (κ1) is 29.9. The van der Waals surface area contributed by atoms with Crippen LogP contribution in [-0.4, -0.2) is 42.3 Å². The molecule has 2 aromatic rings. The van der Waals surface area contributed by atoms with Crippen molar-refractivity contribution in [1.82, 2.24) is 5.32 Å². The number of esters is 2. The lowest BCUT2D eigenvalue weighted by atomic mass is 10.1. The van der Waals surface area contributed by atoms with Crippen molar-refractivity contribution in [2.24, 2.45) is 0 Å². The summed E-state index contributed by atoms with van der Waals surface area (Å²) in [5, 5.41) is 10.1. The lowest BCUT2D eigenvalue weighted by Crippen LogP contribution is -2.30. The third-order valence-electron chi connectivity index (χ3n) is 3.89. The molecule has 9 heteroatoms. The van der Waals surface area contributed by atoms with E-state index in [-0.39, 0.29) is 25.3 Å². The molecule has 4 N–H and O–H groups in total. The lowest BCUT2D eigenvalue weighted by Gasteiger charge is -2.06. The highest BCUT2D eigenvalue weighted by Gasteiger charge is 2.08. The smallest absolute Gasteiger partial charge is 0.340 e. The van der Waals surface area contributed by atoms with E-state index in [0.29, 0.717) is 5.56 Å². The Morgan fingerprint density at radius 2 is 1.50 bits per heavy atom. The molecular formula is C25H32N2O7. The predicted octanol–water partition coefficient (Wildman–Crippen LogP) is 3.65. The molecule has 1 amide bonds. The van der Waals surface area contributed by atoms with E-state index in [0.717, 1.165) is 16.8 Å². The molecule has 0 fully saturated rings. The van der Waals surface area contributed by atoms with Crippen LogP contribution in [0.15, 0.2) is 61.2 Å². The van der Waals surface area contributed by atoms with Crippen molar-refractivity contribution in [3.8, 4) is 0 Å². The molecule has 0 heterocycles. The van der Waals surface area contributed by atoms with Gasteiger partial charge in [0.25, 0.3) is 0 Å². The number of carboxylic acids is 1. The van der Waals surface area contributed by atoms with Crippen LogP contribution in [0.3, 0.4) is 0 Å².